The Morgan fingerprint density at radius 1 is 0.865 bits per heavy atom. The molecular weight excluding hydrogens is 472 g/mol. The van der Waals surface area contributed by atoms with Crippen LogP contribution in [0.2, 0.25) is 0 Å². The third kappa shape index (κ3) is 7.35. The number of non-ortho nitro benzene ring substituents is 1. The molecule has 0 saturated carbocycles. The van der Waals surface area contributed by atoms with E-state index in [9.17, 15) is 19.7 Å². The van der Waals surface area contributed by atoms with Crippen molar-refractivity contribution in [3.63, 3.8) is 0 Å². The van der Waals surface area contributed by atoms with Gasteiger partial charge >= 0.3 is 0 Å². The third-order valence-corrected chi connectivity index (χ3v) is 4.87. The fraction of sp³-hybridized carbons (Fsp3) is 0.179. The minimum absolute atomic E-state index is 0.0992. The molecule has 9 heteroatoms. The van der Waals surface area contributed by atoms with Crippen molar-refractivity contribution < 1.29 is 19.2 Å². The van der Waals surface area contributed by atoms with Crippen molar-refractivity contribution in [2.75, 3.05) is 12.4 Å². The summed E-state index contributed by atoms with van der Waals surface area (Å²) in [5, 5.41) is 17.7. The lowest BCUT2D eigenvalue weighted by Gasteiger charge is -2.10. The van der Waals surface area contributed by atoms with E-state index in [1.807, 2.05) is 45.9 Å². The van der Waals surface area contributed by atoms with E-state index in [1.165, 1.54) is 30.5 Å². The number of nitro groups is 1. The zero-order valence-electron chi connectivity index (χ0n) is 21.4. The second-order valence-corrected chi connectivity index (χ2v) is 7.00. The Morgan fingerprint density at radius 2 is 1.54 bits per heavy atom. The lowest BCUT2D eigenvalue weighted by molar-refractivity contribution is -0.384. The Hall–Kier alpha value is -4.79. The van der Waals surface area contributed by atoms with Gasteiger partial charge in [-0.2, -0.15) is 0 Å². The first kappa shape index (κ1) is 28.4. The van der Waals surface area contributed by atoms with E-state index in [2.05, 4.69) is 15.6 Å². The molecule has 0 aliphatic rings. The van der Waals surface area contributed by atoms with E-state index in [4.69, 9.17) is 4.74 Å². The van der Waals surface area contributed by atoms with Crippen LogP contribution in [0.3, 0.4) is 0 Å². The van der Waals surface area contributed by atoms with E-state index in [1.54, 1.807) is 37.4 Å². The van der Waals surface area contributed by atoms with Crippen molar-refractivity contribution in [1.29, 1.82) is 0 Å². The topological polar surface area (TPSA) is 123 Å². The molecule has 0 aliphatic heterocycles. The number of nitrogens with one attached hydrogen (secondary N) is 2. The average molecular weight is 503 g/mol. The molecule has 0 radical (unpaired) electrons. The number of benzene rings is 3. The molecule has 1 heterocycles. The number of amides is 2. The first-order chi connectivity index (χ1) is 17.9. The lowest BCUT2D eigenvalue weighted by atomic mass is 10.0. The van der Waals surface area contributed by atoms with E-state index >= 15 is 0 Å². The average Bonchev–Trinajstić information content (AvgIpc) is 2.94. The standard InChI is InChI=1S/C24H18N4O5.2C2H6/c1-25-24(30)21-4-2-3-16-13-18(9-10-20(16)21)33-19-11-12-26-22(14-19)27-23(29)15-5-7-17(8-6-15)28(31)32;2*1-2/h2-14H,1H3,(H,25,30)(H,26,27,29);2*1-2H3. The molecule has 4 aromatic rings. The summed E-state index contributed by atoms with van der Waals surface area (Å²) in [7, 11) is 1.58. The first-order valence-corrected chi connectivity index (χ1v) is 11.9. The van der Waals surface area contributed by atoms with Gasteiger partial charge in [-0.25, -0.2) is 4.98 Å². The number of carbonyl (C=O) groups is 2. The monoisotopic (exact) mass is 502 g/mol. The van der Waals surface area contributed by atoms with Crippen LogP contribution in [0.5, 0.6) is 11.5 Å². The summed E-state index contributed by atoms with van der Waals surface area (Å²) < 4.78 is 5.92. The number of nitrogens with zero attached hydrogens (tertiary/aromatic N) is 2. The van der Waals surface area contributed by atoms with Crippen molar-refractivity contribution in [1.82, 2.24) is 10.3 Å². The van der Waals surface area contributed by atoms with Crippen LogP contribution in [0.15, 0.2) is 79.0 Å². The van der Waals surface area contributed by atoms with Crippen molar-refractivity contribution in [3.8, 4) is 11.5 Å². The number of anilines is 1. The van der Waals surface area contributed by atoms with Gasteiger partial charge in [0, 0.05) is 42.6 Å². The van der Waals surface area contributed by atoms with E-state index in [-0.39, 0.29) is 23.0 Å². The van der Waals surface area contributed by atoms with Crippen LogP contribution in [0, 0.1) is 10.1 Å². The maximum atomic E-state index is 12.4. The largest absolute Gasteiger partial charge is 0.457 e. The molecule has 0 fully saturated rings. The highest BCUT2D eigenvalue weighted by molar-refractivity contribution is 6.07. The number of fused-ring (bicyclic) bond motifs is 1. The molecule has 9 nitrogen and oxygen atoms in total. The van der Waals surface area contributed by atoms with Crippen molar-refractivity contribution >= 4 is 34.1 Å². The fourth-order valence-corrected chi connectivity index (χ4v) is 3.26. The molecule has 0 spiro atoms. The smallest absolute Gasteiger partial charge is 0.269 e. The summed E-state index contributed by atoms with van der Waals surface area (Å²) in [5.41, 5.74) is 0.731. The Morgan fingerprint density at radius 3 is 2.19 bits per heavy atom. The number of hydrogen-bond donors (Lipinski definition) is 2. The van der Waals surface area contributed by atoms with Gasteiger partial charge in [0.05, 0.1) is 4.92 Å². The second-order valence-electron chi connectivity index (χ2n) is 7.00. The van der Waals surface area contributed by atoms with Gasteiger partial charge in [0.15, 0.2) is 0 Å². The van der Waals surface area contributed by atoms with Crippen LogP contribution in [0.1, 0.15) is 48.4 Å². The summed E-state index contributed by atoms with van der Waals surface area (Å²) >= 11 is 0. The maximum Gasteiger partial charge on any atom is 0.269 e. The number of pyridine rings is 1. The first-order valence-electron chi connectivity index (χ1n) is 11.9. The van der Waals surface area contributed by atoms with Gasteiger partial charge in [-0.3, -0.25) is 19.7 Å². The summed E-state index contributed by atoms with van der Waals surface area (Å²) in [6, 6.07) is 19.3. The van der Waals surface area contributed by atoms with Crippen LogP contribution in [-0.4, -0.2) is 28.8 Å². The number of nitro benzene ring substituents is 1. The molecule has 3 aromatic carbocycles. The minimum Gasteiger partial charge on any atom is -0.457 e. The Bertz CT molecular complexity index is 1370. The van der Waals surface area contributed by atoms with Crippen molar-refractivity contribution in [2.24, 2.45) is 0 Å². The lowest BCUT2D eigenvalue weighted by Crippen LogP contribution is -2.17. The van der Waals surface area contributed by atoms with Crippen molar-refractivity contribution in [3.05, 3.63) is 100 Å². The van der Waals surface area contributed by atoms with Gasteiger partial charge in [-0.15, -0.1) is 0 Å². The summed E-state index contributed by atoms with van der Waals surface area (Å²) in [4.78, 5) is 38.8. The fourth-order valence-electron chi connectivity index (χ4n) is 3.26. The predicted molar refractivity (Wildman–Crippen MR) is 145 cm³/mol. The molecule has 2 amide bonds. The van der Waals surface area contributed by atoms with Gasteiger partial charge < -0.3 is 15.4 Å². The zero-order valence-corrected chi connectivity index (χ0v) is 21.4. The highest BCUT2D eigenvalue weighted by Gasteiger charge is 2.12. The quantitative estimate of drug-likeness (QED) is 0.226. The van der Waals surface area contributed by atoms with E-state index < -0.39 is 10.8 Å². The molecule has 192 valence electrons. The molecule has 0 bridgehead atoms. The number of rotatable bonds is 6. The number of aromatic nitrogens is 1. The molecule has 0 saturated heterocycles. The molecule has 0 aliphatic carbocycles. The highest BCUT2D eigenvalue weighted by atomic mass is 16.6. The van der Waals surface area contributed by atoms with Crippen LogP contribution >= 0.6 is 0 Å². The predicted octanol–water partition coefficient (Wildman–Crippen LogP) is 6.60. The van der Waals surface area contributed by atoms with E-state index in [0.29, 0.717) is 17.1 Å². The summed E-state index contributed by atoms with van der Waals surface area (Å²) in [6.07, 6.45) is 1.49. The van der Waals surface area contributed by atoms with Crippen LogP contribution in [0.4, 0.5) is 11.5 Å². The molecule has 4 rings (SSSR count). The Labute approximate surface area is 215 Å². The third-order valence-electron chi connectivity index (χ3n) is 4.87. The minimum atomic E-state index is -0.532. The second kappa shape index (κ2) is 13.9. The molecule has 1 aromatic heterocycles. The number of ether oxygens (including phenoxy) is 1. The summed E-state index contributed by atoms with van der Waals surface area (Å²) in [5.74, 6) is 0.638. The van der Waals surface area contributed by atoms with Crippen LogP contribution < -0.4 is 15.4 Å². The molecule has 0 atom stereocenters. The van der Waals surface area contributed by atoms with Crippen LogP contribution in [-0.2, 0) is 0 Å². The highest BCUT2D eigenvalue weighted by Crippen LogP contribution is 2.28. The SMILES string of the molecule is CC.CC.CNC(=O)c1cccc2cc(Oc3ccnc(NC(=O)c4ccc([N+](=O)[O-])cc4)c3)ccc12. The van der Waals surface area contributed by atoms with Gasteiger partial charge in [0.25, 0.3) is 17.5 Å². The van der Waals surface area contributed by atoms with Gasteiger partial charge in [0.1, 0.15) is 17.3 Å². The van der Waals surface area contributed by atoms with E-state index in [0.717, 1.165) is 10.8 Å². The van der Waals surface area contributed by atoms with Gasteiger partial charge in [-0.05, 0) is 53.2 Å². The molecular formula is C28H30N4O5. The van der Waals surface area contributed by atoms with Gasteiger partial charge in [-0.1, -0.05) is 39.8 Å². The number of carbonyl (C=O) groups excluding carboxylic acids is 2. The Kier molecular flexibility index (Phi) is 10.7. The Balaban J connectivity index is 0.00000115. The van der Waals surface area contributed by atoms with Crippen LogP contribution in [0.25, 0.3) is 10.8 Å². The van der Waals surface area contributed by atoms with Crippen molar-refractivity contribution in [2.45, 2.75) is 27.7 Å². The molecule has 2 N–H and O–H groups in total. The molecule has 37 heavy (non-hydrogen) atoms. The maximum absolute atomic E-state index is 12.4. The molecule has 0 unspecified atom stereocenters. The normalized spacial score (nSPS) is 9.65. The zero-order chi connectivity index (χ0) is 27.4. The summed E-state index contributed by atoms with van der Waals surface area (Å²) in [6.45, 7) is 8.00. The van der Waals surface area contributed by atoms with Gasteiger partial charge in [0.2, 0.25) is 0 Å². The number of hydrogen-bond acceptors (Lipinski definition) is 6.